The molecule has 10 nitrogen and oxygen atoms in total. The number of rotatable bonds is 11. The molecule has 0 radical (unpaired) electrons. The summed E-state index contributed by atoms with van der Waals surface area (Å²) in [6, 6.07) is 13.3. The number of H-pyrrole nitrogens is 1. The van der Waals surface area contributed by atoms with Crippen LogP contribution >= 0.6 is 0 Å². The van der Waals surface area contributed by atoms with Gasteiger partial charge in [-0.15, -0.1) is 0 Å². The molecule has 47 heavy (non-hydrogen) atoms. The Morgan fingerprint density at radius 3 is 2.45 bits per heavy atom. The fraction of sp³-hybridized carbons (Fsp3) is 0.472. The van der Waals surface area contributed by atoms with Crippen LogP contribution in [-0.4, -0.2) is 84.4 Å². The number of aromatic amines is 1. The Morgan fingerprint density at radius 1 is 1.09 bits per heavy atom. The van der Waals surface area contributed by atoms with Gasteiger partial charge in [0.2, 0.25) is 5.91 Å². The van der Waals surface area contributed by atoms with E-state index < -0.39 is 15.1 Å². The van der Waals surface area contributed by atoms with E-state index in [0.717, 1.165) is 59.5 Å². The van der Waals surface area contributed by atoms with E-state index >= 15 is 0 Å². The second-order valence-electron chi connectivity index (χ2n) is 13.5. The molecule has 1 amide bonds. The first-order valence-corrected chi connectivity index (χ1v) is 18.0. The fourth-order valence-electron chi connectivity index (χ4n) is 6.33. The minimum atomic E-state index is -3.54. The number of piperidine rings is 1. The number of nitrogens with zero attached hydrogens (tertiary/aromatic N) is 4. The Balaban J connectivity index is 1.47. The molecule has 0 bridgehead atoms. The van der Waals surface area contributed by atoms with Crippen molar-refractivity contribution >= 4 is 38.2 Å². The number of benzene rings is 2. The second-order valence-corrected chi connectivity index (χ2v) is 15.9. The van der Waals surface area contributed by atoms with E-state index in [2.05, 4.69) is 34.6 Å². The zero-order chi connectivity index (χ0) is 34.0. The summed E-state index contributed by atoms with van der Waals surface area (Å²) in [5, 5.41) is 11.2. The highest BCUT2D eigenvalue weighted by Gasteiger charge is 2.27. The topological polar surface area (TPSA) is 121 Å². The van der Waals surface area contributed by atoms with Gasteiger partial charge in [0.1, 0.15) is 11.6 Å². The van der Waals surface area contributed by atoms with Crippen LogP contribution in [0.3, 0.4) is 0 Å². The number of aryl methyl sites for hydroxylation is 2. The number of hydrogen-bond donors (Lipinski definition) is 2. The van der Waals surface area contributed by atoms with E-state index in [1.165, 1.54) is 11.1 Å². The molecule has 1 saturated heterocycles. The number of carbonyl (C=O) groups excluding carboxylic acids is 1. The summed E-state index contributed by atoms with van der Waals surface area (Å²) in [5.74, 6) is 1.90. The molecular formula is C36H48N6O4S. The Labute approximate surface area is 278 Å². The van der Waals surface area contributed by atoms with Crippen molar-refractivity contribution in [3.05, 3.63) is 70.5 Å². The normalized spacial score (nSPS) is 14.5. The molecular weight excluding hydrogens is 613 g/mol. The number of anilines is 2. The molecule has 0 atom stereocenters. The Hall–Kier alpha value is -3.96. The van der Waals surface area contributed by atoms with Gasteiger partial charge in [-0.2, -0.15) is 5.10 Å². The summed E-state index contributed by atoms with van der Waals surface area (Å²) in [5.41, 5.74) is 6.32. The molecule has 0 spiro atoms. The average Bonchev–Trinajstić information content (AvgIpc) is 3.38. The predicted octanol–water partition coefficient (Wildman–Crippen LogP) is 6.15. The lowest BCUT2D eigenvalue weighted by Crippen LogP contribution is -2.42. The number of para-hydroxylation sites is 1. The molecule has 3 heterocycles. The highest BCUT2D eigenvalue weighted by Crippen LogP contribution is 2.37. The van der Waals surface area contributed by atoms with E-state index in [1.807, 2.05) is 56.8 Å². The fourth-order valence-corrected chi connectivity index (χ4v) is 7.53. The number of carbonyl (C=O) groups is 1. The van der Waals surface area contributed by atoms with Gasteiger partial charge in [-0.25, -0.2) is 13.4 Å². The van der Waals surface area contributed by atoms with E-state index in [9.17, 15) is 13.2 Å². The highest BCUT2D eigenvalue weighted by atomic mass is 32.2. The Morgan fingerprint density at radius 2 is 1.79 bits per heavy atom. The molecule has 0 saturated carbocycles. The van der Waals surface area contributed by atoms with E-state index in [-0.39, 0.29) is 16.9 Å². The first kappa shape index (κ1) is 34.4. The maximum Gasteiger partial charge on any atom is 0.236 e. The van der Waals surface area contributed by atoms with Gasteiger partial charge in [-0.1, -0.05) is 18.2 Å². The number of amides is 1. The molecule has 2 aromatic heterocycles. The van der Waals surface area contributed by atoms with Gasteiger partial charge in [0.25, 0.3) is 0 Å². The molecule has 252 valence electrons. The molecule has 4 aromatic rings. The lowest BCUT2D eigenvalue weighted by molar-refractivity contribution is -0.132. The minimum absolute atomic E-state index is 0.0177. The van der Waals surface area contributed by atoms with Crippen LogP contribution in [-0.2, 0) is 21.1 Å². The minimum Gasteiger partial charge on any atom is -0.491 e. The lowest BCUT2D eigenvalue weighted by atomic mass is 9.85. The van der Waals surface area contributed by atoms with Crippen molar-refractivity contribution in [3.8, 4) is 5.75 Å². The third-order valence-electron chi connectivity index (χ3n) is 8.76. The number of fused-ring (bicyclic) bond motifs is 1. The summed E-state index contributed by atoms with van der Waals surface area (Å²) in [6.07, 6.45) is 2.32. The highest BCUT2D eigenvalue weighted by molar-refractivity contribution is 7.92. The van der Waals surface area contributed by atoms with Crippen molar-refractivity contribution in [3.63, 3.8) is 0 Å². The number of ether oxygens (including phenoxy) is 1. The summed E-state index contributed by atoms with van der Waals surface area (Å²) in [6.45, 7) is 13.4. The predicted molar refractivity (Wildman–Crippen MR) is 188 cm³/mol. The van der Waals surface area contributed by atoms with E-state index in [4.69, 9.17) is 9.72 Å². The molecule has 11 heteroatoms. The van der Waals surface area contributed by atoms with Crippen molar-refractivity contribution in [2.24, 2.45) is 0 Å². The molecule has 1 aliphatic heterocycles. The molecule has 1 fully saturated rings. The first-order valence-electron chi connectivity index (χ1n) is 16.4. The van der Waals surface area contributed by atoms with Gasteiger partial charge < -0.3 is 19.9 Å². The van der Waals surface area contributed by atoms with Gasteiger partial charge >= 0.3 is 0 Å². The van der Waals surface area contributed by atoms with Gasteiger partial charge in [-0.3, -0.25) is 9.89 Å². The molecule has 0 aliphatic carbocycles. The van der Waals surface area contributed by atoms with Gasteiger partial charge in [-0.05, 0) is 110 Å². The number of nitrogens with one attached hydrogen (secondary N) is 2. The van der Waals surface area contributed by atoms with Crippen molar-refractivity contribution in [1.29, 1.82) is 0 Å². The zero-order valence-corrected chi connectivity index (χ0v) is 29.7. The molecule has 0 unspecified atom stereocenters. The SMILES string of the molecule is Cc1cc(Cc2cc3n[nH]c(C)c3c(Nc3ccccc3S(=O)(=O)C(C)C)n2)c(OC(C)C)cc1C1CCN(C(=O)CN(C)C)CC1. The maximum atomic E-state index is 13.2. The largest absolute Gasteiger partial charge is 0.491 e. The number of likely N-dealkylation sites (N-methyl/N-ethyl adjacent to an activating group) is 1. The average molecular weight is 661 g/mol. The summed E-state index contributed by atoms with van der Waals surface area (Å²) < 4.78 is 32.8. The van der Waals surface area contributed by atoms with Crippen LogP contribution in [0.1, 0.15) is 74.5 Å². The quantitative estimate of drug-likeness (QED) is 0.197. The van der Waals surface area contributed by atoms with E-state index in [0.29, 0.717) is 30.4 Å². The Kier molecular flexibility index (Phi) is 10.3. The van der Waals surface area contributed by atoms with Crippen molar-refractivity contribution in [1.82, 2.24) is 25.0 Å². The number of likely N-dealkylation sites (tertiary alicyclic amines) is 1. The van der Waals surface area contributed by atoms with Crippen LogP contribution in [0.15, 0.2) is 47.4 Å². The van der Waals surface area contributed by atoms with Crippen molar-refractivity contribution in [2.75, 3.05) is 39.0 Å². The third kappa shape index (κ3) is 7.62. The lowest BCUT2D eigenvalue weighted by Gasteiger charge is -2.34. The smallest absolute Gasteiger partial charge is 0.236 e. The zero-order valence-electron chi connectivity index (χ0n) is 28.8. The summed E-state index contributed by atoms with van der Waals surface area (Å²) in [4.78, 5) is 21.8. The number of sulfone groups is 1. The first-order chi connectivity index (χ1) is 22.2. The summed E-state index contributed by atoms with van der Waals surface area (Å²) >= 11 is 0. The van der Waals surface area contributed by atoms with Crippen molar-refractivity contribution in [2.45, 2.75) is 83.0 Å². The van der Waals surface area contributed by atoms with Crippen LogP contribution in [0.2, 0.25) is 0 Å². The number of hydrogen-bond acceptors (Lipinski definition) is 8. The van der Waals surface area contributed by atoms with Crippen LogP contribution in [0.5, 0.6) is 5.75 Å². The van der Waals surface area contributed by atoms with E-state index in [1.54, 1.807) is 32.0 Å². The van der Waals surface area contributed by atoms with Gasteiger partial charge in [0, 0.05) is 36.5 Å². The van der Waals surface area contributed by atoms with Gasteiger partial charge in [0.05, 0.1) is 39.4 Å². The van der Waals surface area contributed by atoms with Crippen molar-refractivity contribution < 1.29 is 17.9 Å². The second kappa shape index (κ2) is 14.0. The molecule has 2 aromatic carbocycles. The van der Waals surface area contributed by atoms with Crippen LogP contribution < -0.4 is 10.1 Å². The number of pyridine rings is 1. The third-order valence-corrected chi connectivity index (χ3v) is 11.0. The Bertz CT molecular complexity index is 1860. The molecule has 5 rings (SSSR count). The van der Waals surface area contributed by atoms with Crippen LogP contribution in [0, 0.1) is 13.8 Å². The standard InChI is InChI=1S/C36H48N6O4S/c1-22(2)46-32-20-29(26-13-15-42(16-14-26)34(43)21-41(7)8)24(5)17-27(32)18-28-19-31-35(25(6)39-40-31)36(37-28)38-30-11-9-10-12-33(30)47(44,45)23(3)4/h9-12,17,19-20,22-23,26H,13-16,18,21H2,1-8H3,(H,37,38)(H,39,40). The summed E-state index contributed by atoms with van der Waals surface area (Å²) in [7, 11) is 0.310. The van der Waals surface area contributed by atoms with Gasteiger partial charge in [0.15, 0.2) is 9.84 Å². The monoisotopic (exact) mass is 660 g/mol. The van der Waals surface area contributed by atoms with Crippen LogP contribution in [0.25, 0.3) is 10.9 Å². The molecule has 2 N–H and O–H groups in total. The van der Waals surface area contributed by atoms with Crippen LogP contribution in [0.4, 0.5) is 11.5 Å². The molecule has 1 aliphatic rings. The maximum absolute atomic E-state index is 13.2. The number of aromatic nitrogens is 3.